The van der Waals surface area contributed by atoms with Crippen molar-refractivity contribution in [3.63, 3.8) is 0 Å². The van der Waals surface area contributed by atoms with Crippen molar-refractivity contribution in [2.45, 2.75) is 18.8 Å². The van der Waals surface area contributed by atoms with Gasteiger partial charge in [0.1, 0.15) is 12.0 Å². The molecule has 1 aliphatic carbocycles. The van der Waals surface area contributed by atoms with Crippen molar-refractivity contribution in [2.24, 2.45) is 0 Å². The van der Waals surface area contributed by atoms with E-state index >= 15 is 0 Å². The number of rotatable bonds is 1. The van der Waals surface area contributed by atoms with Gasteiger partial charge in [0.05, 0.1) is 4.47 Å². The van der Waals surface area contributed by atoms with Gasteiger partial charge in [0.15, 0.2) is 0 Å². The second-order valence-corrected chi connectivity index (χ2v) is 3.18. The summed E-state index contributed by atoms with van der Waals surface area (Å²) >= 11 is 3.35. The van der Waals surface area contributed by atoms with Gasteiger partial charge in [-0.05, 0) is 28.8 Å². The summed E-state index contributed by atoms with van der Waals surface area (Å²) in [5.74, 6) is 0.679. The molecule has 1 aromatic rings. The first-order valence-corrected chi connectivity index (χ1v) is 3.77. The largest absolute Gasteiger partial charge is 0.363 e. The van der Waals surface area contributed by atoms with E-state index in [-0.39, 0.29) is 0 Å². The van der Waals surface area contributed by atoms with Gasteiger partial charge < -0.3 is 4.52 Å². The van der Waals surface area contributed by atoms with Gasteiger partial charge >= 0.3 is 0 Å². The molecular formula is C6H6BrNO. The van der Waals surface area contributed by atoms with Crippen molar-refractivity contribution in [1.29, 1.82) is 0 Å². The number of aromatic nitrogens is 1. The molecule has 0 spiro atoms. The molecule has 0 aromatic carbocycles. The molecule has 0 amide bonds. The minimum absolute atomic E-state index is 0.679. The first kappa shape index (κ1) is 5.47. The maximum absolute atomic E-state index is 4.75. The summed E-state index contributed by atoms with van der Waals surface area (Å²) in [7, 11) is 0. The van der Waals surface area contributed by atoms with Crippen LogP contribution in [0.1, 0.15) is 24.5 Å². The lowest BCUT2D eigenvalue weighted by Gasteiger charge is -1.84. The third kappa shape index (κ3) is 0.894. The summed E-state index contributed by atoms with van der Waals surface area (Å²) in [4.78, 5) is 0. The molecule has 0 bridgehead atoms. The zero-order valence-electron chi connectivity index (χ0n) is 4.80. The Morgan fingerprint density at radius 3 is 2.89 bits per heavy atom. The van der Waals surface area contributed by atoms with Crippen LogP contribution in [0.2, 0.25) is 0 Å². The zero-order chi connectivity index (χ0) is 6.27. The van der Waals surface area contributed by atoms with E-state index in [9.17, 15) is 0 Å². The highest BCUT2D eigenvalue weighted by atomic mass is 79.9. The van der Waals surface area contributed by atoms with E-state index in [1.807, 2.05) is 0 Å². The molecule has 0 N–H and O–H groups in total. The molecule has 9 heavy (non-hydrogen) atoms. The summed E-state index contributed by atoms with van der Waals surface area (Å²) in [5.41, 5.74) is 1.09. The molecule has 1 aromatic heterocycles. The van der Waals surface area contributed by atoms with Crippen LogP contribution in [0.4, 0.5) is 0 Å². The number of hydrogen-bond acceptors (Lipinski definition) is 2. The SMILES string of the molecule is Brc1conc1C1CC1. The van der Waals surface area contributed by atoms with Gasteiger partial charge in [0, 0.05) is 5.92 Å². The fraction of sp³-hybridized carbons (Fsp3) is 0.500. The van der Waals surface area contributed by atoms with Crippen LogP contribution in [0.15, 0.2) is 15.3 Å². The topological polar surface area (TPSA) is 26.0 Å². The molecular weight excluding hydrogens is 182 g/mol. The maximum atomic E-state index is 4.75. The number of hydrogen-bond donors (Lipinski definition) is 0. The van der Waals surface area contributed by atoms with E-state index in [0.29, 0.717) is 5.92 Å². The Bertz CT molecular complexity index is 217. The van der Waals surface area contributed by atoms with E-state index in [0.717, 1.165) is 10.2 Å². The van der Waals surface area contributed by atoms with Crippen LogP contribution in [-0.4, -0.2) is 5.16 Å². The van der Waals surface area contributed by atoms with Crippen molar-refractivity contribution >= 4 is 15.9 Å². The Morgan fingerprint density at radius 1 is 1.67 bits per heavy atom. The standard InChI is InChI=1S/C6H6BrNO/c7-5-3-9-8-6(5)4-1-2-4/h3-4H,1-2H2. The van der Waals surface area contributed by atoms with E-state index in [4.69, 9.17) is 4.52 Å². The van der Waals surface area contributed by atoms with Crippen LogP contribution < -0.4 is 0 Å². The predicted octanol–water partition coefficient (Wildman–Crippen LogP) is 2.31. The van der Waals surface area contributed by atoms with E-state index in [1.165, 1.54) is 12.8 Å². The van der Waals surface area contributed by atoms with Crippen LogP contribution >= 0.6 is 15.9 Å². The van der Waals surface area contributed by atoms with Crippen LogP contribution in [0.3, 0.4) is 0 Å². The van der Waals surface area contributed by atoms with Crippen molar-refractivity contribution in [1.82, 2.24) is 5.16 Å². The van der Waals surface area contributed by atoms with Crippen molar-refractivity contribution in [3.05, 3.63) is 16.4 Å². The second-order valence-electron chi connectivity index (χ2n) is 2.32. The Balaban J connectivity index is 2.35. The van der Waals surface area contributed by atoms with Crippen molar-refractivity contribution in [2.75, 3.05) is 0 Å². The lowest BCUT2D eigenvalue weighted by Crippen LogP contribution is -1.76. The molecule has 0 radical (unpaired) electrons. The van der Waals surface area contributed by atoms with E-state index in [2.05, 4.69) is 21.1 Å². The summed E-state index contributed by atoms with van der Waals surface area (Å²) < 4.78 is 5.77. The van der Waals surface area contributed by atoms with Crippen molar-refractivity contribution in [3.8, 4) is 0 Å². The first-order chi connectivity index (χ1) is 4.38. The van der Waals surface area contributed by atoms with Gasteiger partial charge in [-0.25, -0.2) is 0 Å². The Labute approximate surface area is 61.4 Å². The lowest BCUT2D eigenvalue weighted by atomic mass is 10.3. The minimum atomic E-state index is 0.679. The van der Waals surface area contributed by atoms with Crippen LogP contribution in [0.5, 0.6) is 0 Å². The highest BCUT2D eigenvalue weighted by molar-refractivity contribution is 9.10. The summed E-state index contributed by atoms with van der Waals surface area (Å²) in [6, 6.07) is 0. The molecule has 48 valence electrons. The molecule has 0 atom stereocenters. The molecule has 2 rings (SSSR count). The summed E-state index contributed by atoms with van der Waals surface area (Å²) in [6.07, 6.45) is 4.17. The molecule has 0 unspecified atom stereocenters. The van der Waals surface area contributed by atoms with Crippen LogP contribution in [0, 0.1) is 0 Å². The molecule has 1 fully saturated rings. The molecule has 0 saturated heterocycles. The van der Waals surface area contributed by atoms with Gasteiger partial charge in [0.2, 0.25) is 0 Å². The third-order valence-electron chi connectivity index (χ3n) is 1.52. The second kappa shape index (κ2) is 1.84. The average Bonchev–Trinajstić information content (AvgIpc) is 2.58. The van der Waals surface area contributed by atoms with Gasteiger partial charge in [-0.15, -0.1) is 0 Å². The molecule has 1 saturated carbocycles. The number of halogens is 1. The first-order valence-electron chi connectivity index (χ1n) is 2.97. The highest BCUT2D eigenvalue weighted by Crippen LogP contribution is 2.42. The molecule has 1 aliphatic rings. The molecule has 0 aliphatic heterocycles. The summed E-state index contributed by atoms with van der Waals surface area (Å²) in [5, 5.41) is 3.86. The minimum Gasteiger partial charge on any atom is -0.363 e. The molecule has 1 heterocycles. The lowest BCUT2D eigenvalue weighted by molar-refractivity contribution is 0.411. The van der Waals surface area contributed by atoms with E-state index < -0.39 is 0 Å². The number of nitrogens with zero attached hydrogens (tertiary/aromatic N) is 1. The average molecular weight is 188 g/mol. The van der Waals surface area contributed by atoms with Gasteiger partial charge in [0.25, 0.3) is 0 Å². The zero-order valence-corrected chi connectivity index (χ0v) is 6.39. The van der Waals surface area contributed by atoms with Crippen LogP contribution in [-0.2, 0) is 0 Å². The molecule has 2 nitrogen and oxygen atoms in total. The van der Waals surface area contributed by atoms with Crippen molar-refractivity contribution < 1.29 is 4.52 Å². The summed E-state index contributed by atoms with van der Waals surface area (Å²) in [6.45, 7) is 0. The van der Waals surface area contributed by atoms with Gasteiger partial charge in [-0.1, -0.05) is 5.16 Å². The Kier molecular flexibility index (Phi) is 1.12. The van der Waals surface area contributed by atoms with Gasteiger partial charge in [-0.3, -0.25) is 0 Å². The normalized spacial score (nSPS) is 18.3. The third-order valence-corrected chi connectivity index (χ3v) is 2.11. The highest BCUT2D eigenvalue weighted by Gasteiger charge is 2.28. The fourth-order valence-corrected chi connectivity index (χ4v) is 1.34. The quantitative estimate of drug-likeness (QED) is 0.675. The maximum Gasteiger partial charge on any atom is 0.138 e. The van der Waals surface area contributed by atoms with E-state index in [1.54, 1.807) is 6.26 Å². The predicted molar refractivity (Wildman–Crippen MR) is 36.2 cm³/mol. The monoisotopic (exact) mass is 187 g/mol. The smallest absolute Gasteiger partial charge is 0.138 e. The Morgan fingerprint density at radius 2 is 2.44 bits per heavy atom. The Hall–Kier alpha value is -0.310. The molecule has 3 heteroatoms. The van der Waals surface area contributed by atoms with Gasteiger partial charge in [-0.2, -0.15) is 0 Å². The fourth-order valence-electron chi connectivity index (χ4n) is 0.860. The van der Waals surface area contributed by atoms with Crippen LogP contribution in [0.25, 0.3) is 0 Å².